The number of amides is 3. The van der Waals surface area contributed by atoms with Crippen LogP contribution in [0.25, 0.3) is 0 Å². The summed E-state index contributed by atoms with van der Waals surface area (Å²) in [5.41, 5.74) is 5.15. The molecule has 1 fully saturated rings. The second kappa shape index (κ2) is 9.81. The van der Waals surface area contributed by atoms with E-state index in [1.807, 2.05) is 0 Å². The fraction of sp³-hybridized carbons (Fsp3) is 0.526. The number of halogens is 2. The zero-order valence-corrected chi connectivity index (χ0v) is 17.0. The normalized spacial score (nSPS) is 15.7. The monoisotopic (exact) mass is 428 g/mol. The van der Waals surface area contributed by atoms with Crippen molar-refractivity contribution in [1.29, 1.82) is 0 Å². The van der Waals surface area contributed by atoms with Crippen molar-refractivity contribution in [1.82, 2.24) is 5.32 Å². The van der Waals surface area contributed by atoms with E-state index in [1.54, 1.807) is 20.8 Å². The lowest BCUT2D eigenvalue weighted by molar-refractivity contribution is -0.131. The molecule has 166 valence electrons. The van der Waals surface area contributed by atoms with Crippen LogP contribution in [0.2, 0.25) is 0 Å². The minimum absolute atomic E-state index is 0.137. The predicted octanol–water partition coefficient (Wildman–Crippen LogP) is 1.08. The number of hydrogen-bond acceptors (Lipinski definition) is 6. The molecule has 2 rings (SSSR count). The maximum Gasteiger partial charge on any atom is 0.387 e. The first-order valence-electron chi connectivity index (χ1n) is 9.31. The molecule has 1 aliphatic heterocycles. The number of morpholine rings is 1. The Morgan fingerprint density at radius 1 is 1.33 bits per heavy atom. The molecular weight excluding hydrogens is 402 g/mol. The summed E-state index contributed by atoms with van der Waals surface area (Å²) < 4.78 is 35.4. The SMILES string of the molecule is CC(C)(C)C(=O)N[C@H](CN)C(=O)Nc1ccc(N2CCOCC2=O)c(OC(F)F)c1. The number of benzene rings is 1. The third-order valence-corrected chi connectivity index (χ3v) is 4.26. The number of nitrogens with two attached hydrogens (primary N) is 1. The van der Waals surface area contributed by atoms with Crippen LogP contribution < -0.4 is 26.0 Å². The van der Waals surface area contributed by atoms with Crippen LogP contribution in [0.4, 0.5) is 20.2 Å². The van der Waals surface area contributed by atoms with E-state index in [1.165, 1.54) is 23.1 Å². The minimum atomic E-state index is -3.13. The summed E-state index contributed by atoms with van der Waals surface area (Å²) in [5, 5.41) is 5.07. The first kappa shape index (κ1) is 23.5. The number of anilines is 2. The zero-order chi connectivity index (χ0) is 22.5. The van der Waals surface area contributed by atoms with Gasteiger partial charge < -0.3 is 30.7 Å². The summed E-state index contributed by atoms with van der Waals surface area (Å²) in [5.74, 6) is -1.66. The molecule has 0 spiro atoms. The molecule has 1 heterocycles. The van der Waals surface area contributed by atoms with Crippen molar-refractivity contribution in [3.8, 4) is 5.75 Å². The number of nitrogens with one attached hydrogen (secondary N) is 2. The summed E-state index contributed by atoms with van der Waals surface area (Å²) >= 11 is 0. The Balaban J connectivity index is 2.21. The van der Waals surface area contributed by atoms with Crippen molar-refractivity contribution in [2.75, 3.05) is 36.5 Å². The summed E-state index contributed by atoms with van der Waals surface area (Å²) in [7, 11) is 0. The first-order valence-corrected chi connectivity index (χ1v) is 9.31. The van der Waals surface area contributed by atoms with Gasteiger partial charge in [0.05, 0.1) is 12.3 Å². The molecule has 0 aliphatic carbocycles. The molecule has 9 nitrogen and oxygen atoms in total. The molecule has 0 aromatic heterocycles. The van der Waals surface area contributed by atoms with Gasteiger partial charge in [0.15, 0.2) is 5.75 Å². The third-order valence-electron chi connectivity index (χ3n) is 4.26. The number of nitrogens with zero attached hydrogens (tertiary/aromatic N) is 1. The summed E-state index contributed by atoms with van der Waals surface area (Å²) in [6.07, 6.45) is 0. The van der Waals surface area contributed by atoms with Crippen molar-refractivity contribution in [3.05, 3.63) is 18.2 Å². The minimum Gasteiger partial charge on any atom is -0.433 e. The van der Waals surface area contributed by atoms with Crippen molar-refractivity contribution < 1.29 is 32.6 Å². The van der Waals surface area contributed by atoms with Crippen molar-refractivity contribution in [2.24, 2.45) is 11.1 Å². The molecule has 1 aromatic carbocycles. The standard InChI is InChI=1S/C19H26F2N4O5/c1-19(2,3)17(28)24-12(9-22)16(27)23-11-4-5-13(14(8-11)30-18(20)21)25-6-7-29-10-15(25)26/h4-5,8,12,18H,6-7,9-10,22H2,1-3H3,(H,23,27)(H,24,28)/t12-/m1/s1. The zero-order valence-electron chi connectivity index (χ0n) is 17.0. The molecule has 1 aromatic rings. The van der Waals surface area contributed by atoms with Crippen LogP contribution >= 0.6 is 0 Å². The number of carbonyl (C=O) groups is 3. The van der Waals surface area contributed by atoms with E-state index in [9.17, 15) is 23.2 Å². The fourth-order valence-corrected chi connectivity index (χ4v) is 2.61. The molecule has 0 saturated carbocycles. The van der Waals surface area contributed by atoms with Crippen LogP contribution in [0.15, 0.2) is 18.2 Å². The smallest absolute Gasteiger partial charge is 0.387 e. The average Bonchev–Trinajstić information content (AvgIpc) is 2.65. The highest BCUT2D eigenvalue weighted by Gasteiger charge is 2.28. The van der Waals surface area contributed by atoms with Crippen LogP contribution in [0.5, 0.6) is 5.75 Å². The number of ether oxygens (including phenoxy) is 2. The maximum absolute atomic E-state index is 12.9. The lowest BCUT2D eigenvalue weighted by atomic mass is 9.95. The molecule has 0 radical (unpaired) electrons. The molecule has 4 N–H and O–H groups in total. The number of alkyl halides is 2. The van der Waals surface area contributed by atoms with Gasteiger partial charge in [-0.3, -0.25) is 14.4 Å². The van der Waals surface area contributed by atoms with Gasteiger partial charge in [0, 0.05) is 30.3 Å². The van der Waals surface area contributed by atoms with Gasteiger partial charge in [-0.15, -0.1) is 0 Å². The van der Waals surface area contributed by atoms with Gasteiger partial charge in [-0.2, -0.15) is 8.78 Å². The number of carbonyl (C=O) groups excluding carboxylic acids is 3. The van der Waals surface area contributed by atoms with E-state index in [4.69, 9.17) is 10.5 Å². The Morgan fingerprint density at radius 3 is 2.60 bits per heavy atom. The predicted molar refractivity (Wildman–Crippen MR) is 105 cm³/mol. The molecular formula is C19H26F2N4O5. The van der Waals surface area contributed by atoms with Crippen molar-refractivity contribution in [3.63, 3.8) is 0 Å². The van der Waals surface area contributed by atoms with Gasteiger partial charge in [0.2, 0.25) is 11.8 Å². The molecule has 1 saturated heterocycles. The Kier molecular flexibility index (Phi) is 7.68. The molecule has 0 bridgehead atoms. The van der Waals surface area contributed by atoms with E-state index in [2.05, 4.69) is 15.4 Å². The summed E-state index contributed by atoms with van der Waals surface area (Å²) in [6.45, 7) is 2.04. The highest BCUT2D eigenvalue weighted by molar-refractivity contribution is 5.99. The van der Waals surface area contributed by atoms with Crippen molar-refractivity contribution in [2.45, 2.75) is 33.4 Å². The molecule has 0 unspecified atom stereocenters. The van der Waals surface area contributed by atoms with Gasteiger partial charge in [-0.1, -0.05) is 20.8 Å². The average molecular weight is 428 g/mol. The van der Waals surface area contributed by atoms with Crippen LogP contribution in [-0.2, 0) is 19.1 Å². The topological polar surface area (TPSA) is 123 Å². The lowest BCUT2D eigenvalue weighted by Crippen LogP contribution is -2.51. The molecule has 1 aliphatic rings. The van der Waals surface area contributed by atoms with Gasteiger partial charge in [-0.25, -0.2) is 0 Å². The van der Waals surface area contributed by atoms with Gasteiger partial charge in [0.1, 0.15) is 12.6 Å². The Morgan fingerprint density at radius 2 is 2.03 bits per heavy atom. The van der Waals surface area contributed by atoms with Crippen LogP contribution in [0.1, 0.15) is 20.8 Å². The van der Waals surface area contributed by atoms with Gasteiger partial charge >= 0.3 is 6.61 Å². The Bertz CT molecular complexity index is 798. The first-order chi connectivity index (χ1) is 14.0. The number of rotatable bonds is 7. The molecule has 11 heteroatoms. The Labute approximate surface area is 172 Å². The van der Waals surface area contributed by atoms with E-state index >= 15 is 0 Å². The maximum atomic E-state index is 12.9. The summed E-state index contributed by atoms with van der Waals surface area (Å²) in [4.78, 5) is 37.9. The number of hydrogen-bond donors (Lipinski definition) is 3. The fourth-order valence-electron chi connectivity index (χ4n) is 2.61. The summed E-state index contributed by atoms with van der Waals surface area (Å²) in [6, 6.07) is 2.99. The second-order valence-corrected chi connectivity index (χ2v) is 7.66. The van der Waals surface area contributed by atoms with E-state index in [0.29, 0.717) is 0 Å². The Hall–Kier alpha value is -2.79. The lowest BCUT2D eigenvalue weighted by Gasteiger charge is -2.28. The van der Waals surface area contributed by atoms with Crippen LogP contribution in [0, 0.1) is 5.41 Å². The molecule has 1 atom stereocenters. The van der Waals surface area contributed by atoms with E-state index in [-0.39, 0.29) is 49.3 Å². The van der Waals surface area contributed by atoms with Crippen LogP contribution in [0.3, 0.4) is 0 Å². The third kappa shape index (κ3) is 6.10. The molecule has 3 amide bonds. The molecule has 30 heavy (non-hydrogen) atoms. The quantitative estimate of drug-likeness (QED) is 0.597. The highest BCUT2D eigenvalue weighted by atomic mass is 19.3. The van der Waals surface area contributed by atoms with Crippen LogP contribution in [-0.4, -0.2) is 56.7 Å². The largest absolute Gasteiger partial charge is 0.433 e. The van der Waals surface area contributed by atoms with Crippen molar-refractivity contribution >= 4 is 29.1 Å². The highest BCUT2D eigenvalue weighted by Crippen LogP contribution is 2.33. The second-order valence-electron chi connectivity index (χ2n) is 7.66. The van der Waals surface area contributed by atoms with E-state index in [0.717, 1.165) is 0 Å². The van der Waals surface area contributed by atoms with Gasteiger partial charge in [-0.05, 0) is 12.1 Å². The van der Waals surface area contributed by atoms with Gasteiger partial charge in [0.25, 0.3) is 5.91 Å². The van der Waals surface area contributed by atoms with E-state index < -0.39 is 29.9 Å².